The van der Waals surface area contributed by atoms with Crippen molar-refractivity contribution in [2.24, 2.45) is 23.7 Å². The number of methoxy groups -OCH3 is 2. The first-order valence-corrected chi connectivity index (χ1v) is 20.2. The van der Waals surface area contributed by atoms with Crippen LogP contribution in [0.2, 0.25) is 0 Å². The third kappa shape index (κ3) is 6.66. The number of carbonyl (C=O) groups is 4. The monoisotopic (exact) mass is 784 g/mol. The van der Waals surface area contributed by atoms with E-state index in [0.717, 1.165) is 81.3 Å². The van der Waals surface area contributed by atoms with Gasteiger partial charge in [0.1, 0.15) is 23.7 Å². The smallest absolute Gasteiger partial charge is 0.407 e. The van der Waals surface area contributed by atoms with Crippen molar-refractivity contribution in [3.63, 3.8) is 0 Å². The van der Waals surface area contributed by atoms with Crippen LogP contribution in [0.15, 0.2) is 48.5 Å². The molecule has 9 rings (SSSR count). The van der Waals surface area contributed by atoms with Crippen LogP contribution in [0.5, 0.6) is 0 Å². The van der Waals surface area contributed by atoms with Crippen molar-refractivity contribution in [3.8, 4) is 11.8 Å². The van der Waals surface area contributed by atoms with E-state index in [1.807, 2.05) is 73.9 Å². The van der Waals surface area contributed by atoms with Crippen LogP contribution in [-0.4, -0.2) is 92.1 Å². The van der Waals surface area contributed by atoms with Crippen LogP contribution < -0.4 is 10.6 Å². The number of benzene rings is 3. The molecule has 2 aliphatic heterocycles. The summed E-state index contributed by atoms with van der Waals surface area (Å²) in [5.74, 6) is 8.57. The Bertz CT molecular complexity index is 2550. The average Bonchev–Trinajstić information content (AvgIpc) is 3.87. The molecule has 2 saturated carbocycles. The number of hydrogen-bond donors (Lipinski definition) is 4. The maximum Gasteiger partial charge on any atom is 0.407 e. The number of nitrogens with one attached hydrogen (secondary N) is 4. The normalized spacial score (nSPS) is 24.0. The molecule has 5 aromatic rings. The van der Waals surface area contributed by atoms with E-state index in [2.05, 4.69) is 44.6 Å². The fourth-order valence-electron chi connectivity index (χ4n) is 9.22. The van der Waals surface area contributed by atoms with Gasteiger partial charge in [0.2, 0.25) is 11.8 Å². The predicted octanol–water partition coefficient (Wildman–Crippen LogP) is 6.08. The number of imidazole rings is 2. The highest BCUT2D eigenvalue weighted by atomic mass is 16.5. The number of alkyl carbamates (subject to hydrolysis) is 2. The van der Waals surface area contributed by atoms with Gasteiger partial charge in [0.25, 0.3) is 0 Å². The fourth-order valence-corrected chi connectivity index (χ4v) is 9.22. The van der Waals surface area contributed by atoms with Gasteiger partial charge in [0.15, 0.2) is 0 Å². The summed E-state index contributed by atoms with van der Waals surface area (Å²) in [5.41, 5.74) is 5.07. The zero-order valence-corrected chi connectivity index (χ0v) is 33.5. The molecule has 0 spiro atoms. The summed E-state index contributed by atoms with van der Waals surface area (Å²) < 4.78 is 9.61. The molecule has 2 saturated heterocycles. The Labute approximate surface area is 335 Å². The molecule has 4 aliphatic rings. The first kappa shape index (κ1) is 37.5. The van der Waals surface area contributed by atoms with Gasteiger partial charge in [-0.15, -0.1) is 0 Å². The molecular weight excluding hydrogens is 737 g/mol. The Morgan fingerprint density at radius 1 is 0.690 bits per heavy atom. The minimum Gasteiger partial charge on any atom is -0.453 e. The van der Waals surface area contributed by atoms with E-state index in [0.29, 0.717) is 11.8 Å². The van der Waals surface area contributed by atoms with E-state index in [9.17, 15) is 19.2 Å². The Morgan fingerprint density at radius 2 is 1.22 bits per heavy atom. The number of fused-ring (bicyclic) bond motifs is 6. The zero-order chi connectivity index (χ0) is 40.6. The van der Waals surface area contributed by atoms with Crippen LogP contribution in [0.1, 0.15) is 88.2 Å². The Hall–Kier alpha value is -6.10. The average molecular weight is 785 g/mol. The summed E-state index contributed by atoms with van der Waals surface area (Å²) in [6, 6.07) is 14.6. The highest BCUT2D eigenvalue weighted by Gasteiger charge is 2.57. The van der Waals surface area contributed by atoms with Gasteiger partial charge >= 0.3 is 12.2 Å². The number of rotatable bonds is 8. The zero-order valence-electron chi connectivity index (χ0n) is 33.5. The van der Waals surface area contributed by atoms with Crippen molar-refractivity contribution in [2.75, 3.05) is 14.2 Å². The van der Waals surface area contributed by atoms with Gasteiger partial charge in [-0.25, -0.2) is 19.6 Å². The lowest BCUT2D eigenvalue weighted by Gasteiger charge is -2.31. The third-order valence-corrected chi connectivity index (χ3v) is 12.5. The van der Waals surface area contributed by atoms with Crippen LogP contribution in [-0.2, 0) is 19.1 Å². The Balaban J connectivity index is 0.934. The molecule has 4 fully saturated rings. The summed E-state index contributed by atoms with van der Waals surface area (Å²) in [6.45, 7) is 7.67. The van der Waals surface area contributed by atoms with E-state index in [1.165, 1.54) is 14.2 Å². The standard InChI is InChI=1S/C44H48N8O6/c1-21(2)36(49-43(55)57-5)41(53)51-32-17-26(32)19-34(51)39-45-29-13-10-24(16-31(29)47-39)8-7-23-9-12-28-25(15-23)11-14-30-38(28)48-40(46-30)35-20-27-18-33(27)52(35)42(54)37(22(3)4)50-44(56)58-6/h9-16,21-22,26-27,32-37H,17-20H2,1-6H3,(H,45,47)(H,46,48)(H,49,55)(H,50,56)/t26-,27-,32-,33-,34+,35+,36+,37+/m1/s1. The molecule has 2 aliphatic carbocycles. The molecule has 0 radical (unpaired) electrons. The minimum absolute atomic E-state index is 0.106. The molecule has 4 heterocycles. The van der Waals surface area contributed by atoms with E-state index >= 15 is 0 Å². The summed E-state index contributed by atoms with van der Waals surface area (Å²) in [7, 11) is 2.60. The predicted molar refractivity (Wildman–Crippen MR) is 216 cm³/mol. The third-order valence-electron chi connectivity index (χ3n) is 12.5. The van der Waals surface area contributed by atoms with Crippen molar-refractivity contribution in [1.29, 1.82) is 0 Å². The van der Waals surface area contributed by atoms with Crippen molar-refractivity contribution in [1.82, 2.24) is 40.4 Å². The van der Waals surface area contributed by atoms with Gasteiger partial charge < -0.3 is 39.9 Å². The summed E-state index contributed by atoms with van der Waals surface area (Å²) in [5, 5.41) is 7.48. The number of ether oxygens (including phenoxy) is 2. The SMILES string of the molecule is COC(=O)N[C@H](C(=O)N1[C@@H]2C[C@@H]2C[C@H]1c1nc2ccc(C#Cc3ccc4c(ccc5[nH]c([C@@H]6C[C@H]7C[C@H]7N6C(=O)[C@@H](NC(=O)OC)C(C)C)nc54)c3)cc2[nH]1)C(C)C. The number of hydrogen-bond acceptors (Lipinski definition) is 8. The first-order chi connectivity index (χ1) is 27.9. The van der Waals surface area contributed by atoms with Gasteiger partial charge in [-0.2, -0.15) is 0 Å². The maximum atomic E-state index is 13.9. The molecule has 0 unspecified atom stereocenters. The number of amides is 4. The number of carbonyl (C=O) groups excluding carboxylic acids is 4. The molecule has 3 aromatic carbocycles. The molecule has 0 bridgehead atoms. The maximum absolute atomic E-state index is 13.9. The molecule has 2 aromatic heterocycles. The molecule has 4 N–H and O–H groups in total. The lowest BCUT2D eigenvalue weighted by atomic mass is 10.0. The summed E-state index contributed by atoms with van der Waals surface area (Å²) in [6.07, 6.45) is 2.36. The highest BCUT2D eigenvalue weighted by Crippen LogP contribution is 2.54. The second-order valence-electron chi connectivity index (χ2n) is 17.0. The molecule has 14 nitrogen and oxygen atoms in total. The van der Waals surface area contributed by atoms with Gasteiger partial charge in [-0.05, 0) is 91.1 Å². The topological polar surface area (TPSA) is 175 Å². The van der Waals surface area contributed by atoms with Crippen molar-refractivity contribution < 1.29 is 28.7 Å². The summed E-state index contributed by atoms with van der Waals surface area (Å²) >= 11 is 0. The number of H-pyrrole nitrogens is 2. The van der Waals surface area contributed by atoms with E-state index < -0.39 is 24.3 Å². The van der Waals surface area contributed by atoms with E-state index in [-0.39, 0.29) is 47.8 Å². The molecular formula is C44H48N8O6. The van der Waals surface area contributed by atoms with Gasteiger partial charge in [-0.3, -0.25) is 9.59 Å². The molecule has 300 valence electrons. The number of likely N-dealkylation sites (tertiary alicyclic amines) is 2. The van der Waals surface area contributed by atoms with Crippen LogP contribution in [0.3, 0.4) is 0 Å². The van der Waals surface area contributed by atoms with E-state index in [4.69, 9.17) is 19.4 Å². The second-order valence-corrected chi connectivity index (χ2v) is 17.0. The fraction of sp³-hybridized carbons (Fsp3) is 0.455. The van der Waals surface area contributed by atoms with Crippen LogP contribution >= 0.6 is 0 Å². The van der Waals surface area contributed by atoms with Crippen LogP contribution in [0.4, 0.5) is 9.59 Å². The Morgan fingerprint density at radius 3 is 1.79 bits per heavy atom. The van der Waals surface area contributed by atoms with Gasteiger partial charge in [0, 0.05) is 28.6 Å². The Kier molecular flexibility index (Phi) is 9.29. The van der Waals surface area contributed by atoms with E-state index in [1.54, 1.807) is 0 Å². The largest absolute Gasteiger partial charge is 0.453 e. The lowest BCUT2D eigenvalue weighted by molar-refractivity contribution is -0.137. The number of piperidine rings is 2. The first-order valence-electron chi connectivity index (χ1n) is 20.2. The molecule has 8 atom stereocenters. The molecule has 4 amide bonds. The highest BCUT2D eigenvalue weighted by molar-refractivity contribution is 6.04. The van der Waals surface area contributed by atoms with Gasteiger partial charge in [-0.1, -0.05) is 51.7 Å². The van der Waals surface area contributed by atoms with Crippen molar-refractivity contribution in [3.05, 3.63) is 71.3 Å². The van der Waals surface area contributed by atoms with Crippen LogP contribution in [0, 0.1) is 35.5 Å². The lowest BCUT2D eigenvalue weighted by Crippen LogP contribution is -2.52. The van der Waals surface area contributed by atoms with Gasteiger partial charge in [0.05, 0.1) is 48.4 Å². The molecule has 14 heteroatoms. The van der Waals surface area contributed by atoms with Crippen molar-refractivity contribution in [2.45, 2.75) is 89.6 Å². The number of nitrogens with zero attached hydrogens (tertiary/aromatic N) is 4. The number of aromatic nitrogens is 4. The second kappa shape index (κ2) is 14.4. The quantitative estimate of drug-likeness (QED) is 0.137. The summed E-state index contributed by atoms with van der Waals surface area (Å²) in [4.78, 5) is 72.7. The minimum atomic E-state index is -0.689. The van der Waals surface area contributed by atoms with Crippen LogP contribution in [0.25, 0.3) is 32.8 Å². The number of aromatic amines is 2. The molecule has 58 heavy (non-hydrogen) atoms. The van der Waals surface area contributed by atoms with Crippen molar-refractivity contribution >= 4 is 56.8 Å².